The fourth-order valence-electron chi connectivity index (χ4n) is 3.15. The molecule has 3 nitrogen and oxygen atoms in total. The Morgan fingerprint density at radius 2 is 1.83 bits per heavy atom. The maximum absolute atomic E-state index is 5.80. The zero-order valence-corrected chi connectivity index (χ0v) is 13.2. The normalized spacial score (nSPS) is 11.4. The van der Waals surface area contributed by atoms with Crippen LogP contribution in [-0.4, -0.2) is 15.9 Å². The van der Waals surface area contributed by atoms with E-state index in [9.17, 15) is 0 Å². The van der Waals surface area contributed by atoms with Gasteiger partial charge in [-0.1, -0.05) is 42.5 Å². The van der Waals surface area contributed by atoms with Crippen LogP contribution < -0.4 is 5.73 Å². The largest absolute Gasteiger partial charge is 0.330 e. The molecule has 0 aliphatic carbocycles. The number of hydrogen-bond acceptors (Lipinski definition) is 2. The molecule has 0 radical (unpaired) electrons. The van der Waals surface area contributed by atoms with Crippen LogP contribution in [0.2, 0.25) is 0 Å². The molecule has 114 valence electrons. The number of aromatic nitrogens is 2. The van der Waals surface area contributed by atoms with E-state index in [4.69, 9.17) is 10.7 Å². The minimum atomic E-state index is 0.601. The van der Waals surface area contributed by atoms with Gasteiger partial charge in [-0.3, -0.25) is 4.40 Å². The number of nitrogens with two attached hydrogens (primary N) is 1. The van der Waals surface area contributed by atoms with Gasteiger partial charge in [-0.05, 0) is 41.9 Å². The standard InChI is InChI=1S/C20H19N3/c1-14-6-9-19-22-18(10-11-21)20(23(19)13-14)17-8-7-15-4-2-3-5-16(15)12-17/h2-9,12-13H,10-11,21H2,1H3. The minimum Gasteiger partial charge on any atom is -0.330 e. The second-order valence-electron chi connectivity index (χ2n) is 5.94. The Labute approximate surface area is 135 Å². The molecule has 0 saturated heterocycles. The van der Waals surface area contributed by atoms with Gasteiger partial charge in [-0.25, -0.2) is 4.98 Å². The summed E-state index contributed by atoms with van der Waals surface area (Å²) in [6.07, 6.45) is 2.93. The number of rotatable bonds is 3. The van der Waals surface area contributed by atoms with Crippen molar-refractivity contribution in [3.63, 3.8) is 0 Å². The Kier molecular flexibility index (Phi) is 3.36. The van der Waals surface area contributed by atoms with E-state index >= 15 is 0 Å². The molecule has 0 atom stereocenters. The number of pyridine rings is 1. The third-order valence-electron chi connectivity index (χ3n) is 4.24. The van der Waals surface area contributed by atoms with Crippen LogP contribution in [0.5, 0.6) is 0 Å². The van der Waals surface area contributed by atoms with E-state index in [1.54, 1.807) is 0 Å². The highest BCUT2D eigenvalue weighted by Gasteiger charge is 2.14. The molecule has 0 amide bonds. The molecule has 23 heavy (non-hydrogen) atoms. The number of nitrogens with zero attached hydrogens (tertiary/aromatic N) is 2. The maximum atomic E-state index is 5.80. The second kappa shape index (κ2) is 5.52. The first-order valence-electron chi connectivity index (χ1n) is 7.93. The molecule has 0 bridgehead atoms. The van der Waals surface area contributed by atoms with Crippen molar-refractivity contribution in [3.8, 4) is 11.3 Å². The van der Waals surface area contributed by atoms with Crippen molar-refractivity contribution in [2.45, 2.75) is 13.3 Å². The topological polar surface area (TPSA) is 43.3 Å². The van der Waals surface area contributed by atoms with Crippen LogP contribution in [0, 0.1) is 6.92 Å². The number of imidazole rings is 1. The monoisotopic (exact) mass is 301 g/mol. The number of hydrogen-bond donors (Lipinski definition) is 1. The van der Waals surface area contributed by atoms with Crippen LogP contribution in [0.25, 0.3) is 27.7 Å². The summed E-state index contributed by atoms with van der Waals surface area (Å²) in [5.41, 5.74) is 11.4. The Balaban J connectivity index is 2.00. The molecular formula is C20H19N3. The first kappa shape index (κ1) is 14.0. The Morgan fingerprint density at radius 3 is 2.65 bits per heavy atom. The zero-order valence-electron chi connectivity index (χ0n) is 13.2. The van der Waals surface area contributed by atoms with Gasteiger partial charge in [0.2, 0.25) is 0 Å². The minimum absolute atomic E-state index is 0.601. The average molecular weight is 301 g/mol. The number of aryl methyl sites for hydroxylation is 1. The summed E-state index contributed by atoms with van der Waals surface area (Å²) >= 11 is 0. The summed E-state index contributed by atoms with van der Waals surface area (Å²) in [5.74, 6) is 0. The highest BCUT2D eigenvalue weighted by atomic mass is 15.0. The maximum Gasteiger partial charge on any atom is 0.137 e. The van der Waals surface area contributed by atoms with E-state index in [0.29, 0.717) is 6.54 Å². The molecule has 0 spiro atoms. The SMILES string of the molecule is Cc1ccc2nc(CCN)c(-c3ccc4ccccc4c3)n2c1. The van der Waals surface area contributed by atoms with Gasteiger partial charge in [0.05, 0.1) is 11.4 Å². The molecule has 2 aromatic heterocycles. The summed E-state index contributed by atoms with van der Waals surface area (Å²) in [4.78, 5) is 4.78. The van der Waals surface area contributed by atoms with E-state index < -0.39 is 0 Å². The Hall–Kier alpha value is -2.65. The van der Waals surface area contributed by atoms with Crippen LogP contribution in [0.3, 0.4) is 0 Å². The third kappa shape index (κ3) is 2.39. The number of fused-ring (bicyclic) bond motifs is 2. The van der Waals surface area contributed by atoms with Gasteiger partial charge in [-0.2, -0.15) is 0 Å². The Bertz CT molecular complexity index is 998. The van der Waals surface area contributed by atoms with Crippen LogP contribution >= 0.6 is 0 Å². The van der Waals surface area contributed by atoms with Crippen molar-refractivity contribution in [1.29, 1.82) is 0 Å². The van der Waals surface area contributed by atoms with E-state index in [2.05, 4.69) is 72.1 Å². The molecule has 0 fully saturated rings. The lowest BCUT2D eigenvalue weighted by Gasteiger charge is -2.07. The van der Waals surface area contributed by atoms with Crippen molar-refractivity contribution in [3.05, 3.63) is 72.1 Å². The molecule has 4 rings (SSSR count). The summed E-state index contributed by atoms with van der Waals surface area (Å²) in [6, 6.07) is 19.2. The molecule has 0 aliphatic heterocycles. The quantitative estimate of drug-likeness (QED) is 0.622. The summed E-state index contributed by atoms with van der Waals surface area (Å²) in [5, 5.41) is 2.49. The second-order valence-corrected chi connectivity index (χ2v) is 5.94. The van der Waals surface area contributed by atoms with Gasteiger partial charge >= 0.3 is 0 Å². The highest BCUT2D eigenvalue weighted by molar-refractivity contribution is 5.87. The molecular weight excluding hydrogens is 282 g/mol. The van der Waals surface area contributed by atoms with Crippen LogP contribution in [0.4, 0.5) is 0 Å². The first-order chi connectivity index (χ1) is 11.3. The van der Waals surface area contributed by atoms with Crippen LogP contribution in [0.1, 0.15) is 11.3 Å². The fraction of sp³-hybridized carbons (Fsp3) is 0.150. The van der Waals surface area contributed by atoms with Crippen molar-refractivity contribution in [1.82, 2.24) is 9.38 Å². The average Bonchev–Trinajstić information content (AvgIpc) is 2.92. The Morgan fingerprint density at radius 1 is 1.00 bits per heavy atom. The first-order valence-corrected chi connectivity index (χ1v) is 7.93. The van der Waals surface area contributed by atoms with Gasteiger partial charge in [0.1, 0.15) is 5.65 Å². The molecule has 0 saturated carbocycles. The van der Waals surface area contributed by atoms with Crippen LogP contribution in [0.15, 0.2) is 60.8 Å². The smallest absolute Gasteiger partial charge is 0.137 e. The molecule has 4 aromatic rings. The zero-order chi connectivity index (χ0) is 15.8. The van der Waals surface area contributed by atoms with Gasteiger partial charge in [-0.15, -0.1) is 0 Å². The molecule has 3 heteroatoms. The van der Waals surface area contributed by atoms with E-state index in [-0.39, 0.29) is 0 Å². The highest BCUT2D eigenvalue weighted by Crippen LogP contribution is 2.29. The summed E-state index contributed by atoms with van der Waals surface area (Å²) in [6.45, 7) is 2.70. The van der Waals surface area contributed by atoms with Crippen molar-refractivity contribution >= 4 is 16.4 Å². The van der Waals surface area contributed by atoms with Gasteiger partial charge in [0.15, 0.2) is 0 Å². The molecule has 2 heterocycles. The molecule has 2 aromatic carbocycles. The van der Waals surface area contributed by atoms with E-state index in [1.807, 2.05) is 0 Å². The number of benzene rings is 2. The lowest BCUT2D eigenvalue weighted by atomic mass is 10.0. The van der Waals surface area contributed by atoms with E-state index in [1.165, 1.54) is 21.9 Å². The molecule has 0 unspecified atom stereocenters. The predicted molar refractivity (Wildman–Crippen MR) is 95.6 cm³/mol. The lowest BCUT2D eigenvalue weighted by Crippen LogP contribution is -2.04. The molecule has 2 N–H and O–H groups in total. The van der Waals surface area contributed by atoms with Crippen LogP contribution in [-0.2, 0) is 6.42 Å². The van der Waals surface area contributed by atoms with Crippen molar-refractivity contribution in [2.75, 3.05) is 6.54 Å². The van der Waals surface area contributed by atoms with E-state index in [0.717, 1.165) is 23.5 Å². The fourth-order valence-corrected chi connectivity index (χ4v) is 3.15. The summed E-state index contributed by atoms with van der Waals surface area (Å²) < 4.78 is 2.18. The molecule has 0 aliphatic rings. The lowest BCUT2D eigenvalue weighted by molar-refractivity contribution is 0.939. The summed E-state index contributed by atoms with van der Waals surface area (Å²) in [7, 11) is 0. The predicted octanol–water partition coefficient (Wildman–Crippen LogP) is 3.96. The third-order valence-corrected chi connectivity index (χ3v) is 4.24. The van der Waals surface area contributed by atoms with Gasteiger partial charge < -0.3 is 5.73 Å². The van der Waals surface area contributed by atoms with Crippen molar-refractivity contribution < 1.29 is 0 Å². The van der Waals surface area contributed by atoms with Gasteiger partial charge in [0.25, 0.3) is 0 Å². The van der Waals surface area contributed by atoms with Crippen molar-refractivity contribution in [2.24, 2.45) is 5.73 Å². The van der Waals surface area contributed by atoms with Gasteiger partial charge in [0, 0.05) is 18.2 Å².